The first-order valence-electron chi connectivity index (χ1n) is 8.09. The Morgan fingerprint density at radius 1 is 1.24 bits per heavy atom. The maximum atomic E-state index is 12.8. The molecule has 1 spiro atoms. The van der Waals surface area contributed by atoms with Gasteiger partial charge in [-0.05, 0) is 53.4 Å². The molecule has 4 heteroatoms. The summed E-state index contributed by atoms with van der Waals surface area (Å²) in [7, 11) is 0. The Labute approximate surface area is 127 Å². The topological polar surface area (TPSA) is 62.1 Å². The van der Waals surface area contributed by atoms with Crippen LogP contribution < -0.4 is 5.32 Å². The van der Waals surface area contributed by atoms with Gasteiger partial charge in [0.25, 0.3) is 0 Å². The van der Waals surface area contributed by atoms with Gasteiger partial charge in [0.1, 0.15) is 5.41 Å². The van der Waals surface area contributed by atoms with Gasteiger partial charge in [0.05, 0.1) is 23.3 Å². The smallest absolute Gasteiger partial charge is 0.241 e. The van der Waals surface area contributed by atoms with Crippen molar-refractivity contribution in [2.75, 3.05) is 0 Å². The van der Waals surface area contributed by atoms with Gasteiger partial charge in [-0.1, -0.05) is 12.8 Å². The molecule has 2 atom stereocenters. The fourth-order valence-electron chi connectivity index (χ4n) is 4.72. The molecule has 2 saturated carbocycles. The highest BCUT2D eigenvalue weighted by atomic mass is 16.5. The predicted octanol–water partition coefficient (Wildman–Crippen LogP) is 2.92. The third-order valence-electron chi connectivity index (χ3n) is 5.90. The second-order valence-corrected chi connectivity index (χ2v) is 8.38. The second-order valence-electron chi connectivity index (χ2n) is 8.38. The molecule has 0 bridgehead atoms. The summed E-state index contributed by atoms with van der Waals surface area (Å²) in [6, 6.07) is 2.33. The Bertz CT molecular complexity index is 511. The first kappa shape index (κ1) is 14.8. The van der Waals surface area contributed by atoms with Crippen LogP contribution in [0.3, 0.4) is 0 Å². The zero-order chi connectivity index (χ0) is 15.5. The molecule has 2 unspecified atom stereocenters. The van der Waals surface area contributed by atoms with Crippen LogP contribution in [0, 0.1) is 22.2 Å². The maximum Gasteiger partial charge on any atom is 0.241 e. The lowest BCUT2D eigenvalue weighted by Gasteiger charge is -2.28. The van der Waals surface area contributed by atoms with E-state index in [0.717, 1.165) is 38.5 Å². The van der Waals surface area contributed by atoms with Gasteiger partial charge in [0.15, 0.2) is 0 Å². The van der Waals surface area contributed by atoms with Crippen molar-refractivity contribution in [3.63, 3.8) is 0 Å². The summed E-state index contributed by atoms with van der Waals surface area (Å²) in [4.78, 5) is 12.8. The minimum atomic E-state index is -0.772. The molecule has 0 aromatic heterocycles. The summed E-state index contributed by atoms with van der Waals surface area (Å²) in [5.41, 5.74) is -1.40. The summed E-state index contributed by atoms with van der Waals surface area (Å²) in [5, 5.41) is 12.8. The van der Waals surface area contributed by atoms with E-state index in [0.29, 0.717) is 0 Å². The molecule has 0 aromatic rings. The summed E-state index contributed by atoms with van der Waals surface area (Å²) >= 11 is 0. The van der Waals surface area contributed by atoms with Crippen molar-refractivity contribution in [3.05, 3.63) is 0 Å². The lowest BCUT2D eigenvalue weighted by Crippen LogP contribution is -2.49. The quantitative estimate of drug-likeness (QED) is 0.850. The van der Waals surface area contributed by atoms with Crippen LogP contribution in [0.4, 0.5) is 0 Å². The number of rotatable bonds is 2. The Morgan fingerprint density at radius 2 is 1.86 bits per heavy atom. The van der Waals surface area contributed by atoms with Gasteiger partial charge in [-0.3, -0.25) is 4.79 Å². The van der Waals surface area contributed by atoms with Crippen LogP contribution in [0.5, 0.6) is 0 Å². The number of hydrogen-bond acceptors (Lipinski definition) is 3. The molecule has 116 valence electrons. The Kier molecular flexibility index (Phi) is 2.99. The Balaban J connectivity index is 1.74. The lowest BCUT2D eigenvalue weighted by molar-refractivity contribution is -0.128. The van der Waals surface area contributed by atoms with E-state index in [2.05, 4.69) is 25.2 Å². The van der Waals surface area contributed by atoms with Crippen LogP contribution in [0.25, 0.3) is 0 Å². The van der Waals surface area contributed by atoms with E-state index in [-0.39, 0.29) is 28.6 Å². The van der Waals surface area contributed by atoms with Gasteiger partial charge in [-0.2, -0.15) is 5.26 Å². The highest BCUT2D eigenvalue weighted by Crippen LogP contribution is 2.71. The monoisotopic (exact) mass is 290 g/mol. The van der Waals surface area contributed by atoms with Crippen molar-refractivity contribution < 1.29 is 9.53 Å². The molecule has 3 rings (SSSR count). The molecule has 3 aliphatic rings. The third-order valence-corrected chi connectivity index (χ3v) is 5.90. The summed E-state index contributed by atoms with van der Waals surface area (Å²) < 4.78 is 6.04. The molecule has 1 heterocycles. The van der Waals surface area contributed by atoms with Gasteiger partial charge in [0.2, 0.25) is 5.91 Å². The zero-order valence-corrected chi connectivity index (χ0v) is 13.6. The highest BCUT2D eigenvalue weighted by molar-refractivity contribution is 5.90. The van der Waals surface area contributed by atoms with Gasteiger partial charge in [-0.25, -0.2) is 0 Å². The average Bonchev–Trinajstić information content (AvgIpc) is 2.62. The van der Waals surface area contributed by atoms with Crippen LogP contribution in [0.2, 0.25) is 0 Å². The number of carbonyl (C=O) groups is 1. The van der Waals surface area contributed by atoms with Crippen molar-refractivity contribution in [3.8, 4) is 6.07 Å². The van der Waals surface area contributed by atoms with Crippen molar-refractivity contribution in [1.29, 1.82) is 5.26 Å². The Hall–Kier alpha value is -1.08. The fraction of sp³-hybridized carbons (Fsp3) is 0.882. The molecule has 0 radical (unpaired) electrons. The molecule has 1 saturated heterocycles. The van der Waals surface area contributed by atoms with E-state index in [1.165, 1.54) is 0 Å². The van der Waals surface area contributed by atoms with Crippen LogP contribution in [0.15, 0.2) is 0 Å². The van der Waals surface area contributed by atoms with Crippen LogP contribution >= 0.6 is 0 Å². The summed E-state index contributed by atoms with van der Waals surface area (Å²) in [5.74, 6) is -0.0636. The number of carbonyl (C=O) groups excluding carboxylic acids is 1. The predicted molar refractivity (Wildman–Crippen MR) is 79.4 cm³/mol. The second kappa shape index (κ2) is 4.23. The SMILES string of the molecule is CC1(C)CC(NC(=O)C2(C#N)CC23CCCC3)C(C)(C)O1. The largest absolute Gasteiger partial charge is 0.367 e. The third kappa shape index (κ3) is 2.09. The van der Waals surface area contributed by atoms with Crippen LogP contribution in [0.1, 0.15) is 66.2 Å². The molecular formula is C17H26N2O2. The van der Waals surface area contributed by atoms with E-state index < -0.39 is 5.41 Å². The maximum absolute atomic E-state index is 12.8. The number of nitrogens with zero attached hydrogens (tertiary/aromatic N) is 1. The van der Waals surface area contributed by atoms with Crippen LogP contribution in [-0.4, -0.2) is 23.2 Å². The number of hydrogen-bond donors (Lipinski definition) is 1. The molecule has 21 heavy (non-hydrogen) atoms. The van der Waals surface area contributed by atoms with Crippen molar-refractivity contribution in [2.24, 2.45) is 10.8 Å². The van der Waals surface area contributed by atoms with Crippen molar-refractivity contribution >= 4 is 5.91 Å². The first-order chi connectivity index (χ1) is 9.66. The zero-order valence-electron chi connectivity index (χ0n) is 13.6. The molecule has 0 aromatic carbocycles. The standard InChI is InChI=1S/C17H26N2O2/c1-14(2)9-12(15(3,4)21-14)19-13(20)17(11-18)10-16(17)7-5-6-8-16/h12H,5-10H2,1-4H3,(H,19,20). The van der Waals surface area contributed by atoms with E-state index in [1.54, 1.807) is 0 Å². The van der Waals surface area contributed by atoms with E-state index >= 15 is 0 Å². The van der Waals surface area contributed by atoms with Gasteiger partial charge < -0.3 is 10.1 Å². The lowest BCUT2D eigenvalue weighted by atomic mass is 9.89. The molecule has 1 amide bonds. The summed E-state index contributed by atoms with van der Waals surface area (Å²) in [6.45, 7) is 8.14. The molecule has 3 fully saturated rings. The molecule has 2 aliphatic carbocycles. The normalized spacial score (nSPS) is 38.1. The van der Waals surface area contributed by atoms with E-state index in [4.69, 9.17) is 4.74 Å². The minimum Gasteiger partial charge on any atom is -0.367 e. The number of amides is 1. The van der Waals surface area contributed by atoms with Crippen molar-refractivity contribution in [2.45, 2.75) is 83.5 Å². The molecule has 1 aliphatic heterocycles. The first-order valence-corrected chi connectivity index (χ1v) is 8.09. The van der Waals surface area contributed by atoms with E-state index in [1.807, 2.05) is 13.8 Å². The van der Waals surface area contributed by atoms with Gasteiger partial charge in [-0.15, -0.1) is 0 Å². The van der Waals surface area contributed by atoms with E-state index in [9.17, 15) is 10.1 Å². The van der Waals surface area contributed by atoms with Crippen molar-refractivity contribution in [1.82, 2.24) is 5.32 Å². The number of nitrogens with one attached hydrogen (secondary N) is 1. The fourth-order valence-corrected chi connectivity index (χ4v) is 4.72. The van der Waals surface area contributed by atoms with Crippen LogP contribution in [-0.2, 0) is 9.53 Å². The molecular weight excluding hydrogens is 264 g/mol. The molecule has 1 N–H and O–H groups in total. The van der Waals surface area contributed by atoms with Gasteiger partial charge >= 0.3 is 0 Å². The average molecular weight is 290 g/mol. The minimum absolute atomic E-state index is 0.0229. The Morgan fingerprint density at radius 3 is 2.33 bits per heavy atom. The summed E-state index contributed by atoms with van der Waals surface area (Å²) in [6.07, 6.45) is 5.91. The molecule has 4 nitrogen and oxygen atoms in total. The highest BCUT2D eigenvalue weighted by Gasteiger charge is 2.73. The van der Waals surface area contributed by atoms with Gasteiger partial charge in [0, 0.05) is 5.41 Å². The number of nitriles is 1. The number of ether oxygens (including phenoxy) is 1.